The molecule has 2 aromatic carbocycles. The lowest BCUT2D eigenvalue weighted by Crippen LogP contribution is -2.55. The van der Waals surface area contributed by atoms with Crippen LogP contribution in [0.15, 0.2) is 60.7 Å². The monoisotopic (exact) mass is 379 g/mol. The van der Waals surface area contributed by atoms with Gasteiger partial charge in [0, 0.05) is 31.3 Å². The first-order chi connectivity index (χ1) is 13.5. The Morgan fingerprint density at radius 1 is 1.07 bits per heavy atom. The molecule has 0 aromatic heterocycles. The predicted molar refractivity (Wildman–Crippen MR) is 114 cm³/mol. The van der Waals surface area contributed by atoms with Gasteiger partial charge in [-0.1, -0.05) is 74.5 Å². The molecule has 0 aliphatic carbocycles. The lowest BCUT2D eigenvalue weighted by atomic mass is 9.74. The molecule has 3 rings (SSSR count). The van der Waals surface area contributed by atoms with Gasteiger partial charge in [0.2, 0.25) is 0 Å². The molecule has 1 fully saturated rings. The first kappa shape index (κ1) is 20.6. The van der Waals surface area contributed by atoms with Crippen LogP contribution in [0.25, 0.3) is 0 Å². The van der Waals surface area contributed by atoms with Gasteiger partial charge in [0.1, 0.15) is 5.60 Å². The Hall–Kier alpha value is -2.13. The summed E-state index contributed by atoms with van der Waals surface area (Å²) in [5.74, 6) is 0.138. The van der Waals surface area contributed by atoms with E-state index in [0.29, 0.717) is 12.5 Å². The highest BCUT2D eigenvalue weighted by Gasteiger charge is 2.47. The van der Waals surface area contributed by atoms with Crippen molar-refractivity contribution in [3.8, 4) is 0 Å². The van der Waals surface area contributed by atoms with Crippen LogP contribution < -0.4 is 0 Å². The summed E-state index contributed by atoms with van der Waals surface area (Å²) >= 11 is 0. The van der Waals surface area contributed by atoms with Crippen LogP contribution >= 0.6 is 0 Å². The maximum Gasteiger partial charge on any atom is 0.306 e. The minimum Gasteiger partial charge on any atom is -0.454 e. The summed E-state index contributed by atoms with van der Waals surface area (Å²) in [6.07, 6.45) is 3.51. The molecule has 1 aliphatic heterocycles. The molecule has 3 atom stereocenters. The van der Waals surface area contributed by atoms with E-state index in [-0.39, 0.29) is 11.9 Å². The third kappa shape index (κ3) is 4.64. The number of benzene rings is 2. The molecule has 1 aliphatic rings. The van der Waals surface area contributed by atoms with Crippen LogP contribution in [0.2, 0.25) is 0 Å². The smallest absolute Gasteiger partial charge is 0.306 e. The summed E-state index contributed by atoms with van der Waals surface area (Å²) in [5.41, 5.74) is 2.00. The second-order valence-electron chi connectivity index (χ2n) is 8.12. The van der Waals surface area contributed by atoms with Crippen molar-refractivity contribution in [3.63, 3.8) is 0 Å². The SMILES string of the molecule is CCC(=O)OC1(c2ccccc2)CC(C)N(CCCc2ccccc2)CC1C. The normalized spacial score (nSPS) is 25.4. The van der Waals surface area contributed by atoms with Crippen LogP contribution in [0.5, 0.6) is 0 Å². The first-order valence-corrected chi connectivity index (χ1v) is 10.6. The molecule has 0 saturated carbocycles. The zero-order valence-corrected chi connectivity index (χ0v) is 17.4. The Morgan fingerprint density at radius 2 is 1.71 bits per heavy atom. The molecular formula is C25H33NO2. The van der Waals surface area contributed by atoms with Gasteiger partial charge in [0.15, 0.2) is 0 Å². The van der Waals surface area contributed by atoms with E-state index in [4.69, 9.17) is 4.74 Å². The molecule has 3 nitrogen and oxygen atoms in total. The van der Waals surface area contributed by atoms with E-state index < -0.39 is 5.60 Å². The third-order valence-corrected chi connectivity index (χ3v) is 6.13. The number of likely N-dealkylation sites (tertiary alicyclic amines) is 1. The Kier molecular flexibility index (Phi) is 6.90. The average Bonchev–Trinajstić information content (AvgIpc) is 2.72. The summed E-state index contributed by atoms with van der Waals surface area (Å²) in [4.78, 5) is 14.8. The standard InChI is InChI=1S/C25H33NO2/c1-4-24(27)28-25(23-15-9-6-10-16-23)18-21(3)26(19-20(25)2)17-11-14-22-12-7-5-8-13-22/h5-10,12-13,15-16,20-21H,4,11,14,17-19H2,1-3H3. The van der Waals surface area contributed by atoms with Crippen LogP contribution in [0, 0.1) is 5.92 Å². The van der Waals surface area contributed by atoms with Gasteiger partial charge in [-0.25, -0.2) is 0 Å². The van der Waals surface area contributed by atoms with E-state index in [1.165, 1.54) is 5.56 Å². The van der Waals surface area contributed by atoms with E-state index in [1.54, 1.807) is 0 Å². The maximum atomic E-state index is 12.3. The first-order valence-electron chi connectivity index (χ1n) is 10.6. The zero-order chi connectivity index (χ0) is 20.0. The van der Waals surface area contributed by atoms with Gasteiger partial charge in [-0.2, -0.15) is 0 Å². The fraction of sp³-hybridized carbons (Fsp3) is 0.480. The second-order valence-corrected chi connectivity index (χ2v) is 8.12. The van der Waals surface area contributed by atoms with Crippen molar-refractivity contribution in [3.05, 3.63) is 71.8 Å². The van der Waals surface area contributed by atoms with Gasteiger partial charge >= 0.3 is 5.97 Å². The molecule has 2 aromatic rings. The molecule has 0 spiro atoms. The molecule has 3 heteroatoms. The Balaban J connectivity index is 1.70. The molecule has 150 valence electrons. The molecule has 28 heavy (non-hydrogen) atoms. The van der Waals surface area contributed by atoms with Gasteiger partial charge < -0.3 is 9.64 Å². The average molecular weight is 380 g/mol. The second kappa shape index (κ2) is 9.38. The highest BCUT2D eigenvalue weighted by atomic mass is 16.6. The number of piperidine rings is 1. The van der Waals surface area contributed by atoms with Crippen molar-refractivity contribution in [2.24, 2.45) is 5.92 Å². The van der Waals surface area contributed by atoms with Crippen molar-refractivity contribution in [1.82, 2.24) is 4.90 Å². The van der Waals surface area contributed by atoms with Crippen LogP contribution in [0.1, 0.15) is 51.2 Å². The number of aryl methyl sites for hydroxylation is 1. The summed E-state index contributed by atoms with van der Waals surface area (Å²) in [5, 5.41) is 0. The topological polar surface area (TPSA) is 29.5 Å². The van der Waals surface area contributed by atoms with Gasteiger partial charge in [-0.05, 0) is 37.4 Å². The quantitative estimate of drug-likeness (QED) is 0.620. The number of ether oxygens (including phenoxy) is 1. The minimum absolute atomic E-state index is 0.111. The molecule has 3 unspecified atom stereocenters. The summed E-state index contributed by atoms with van der Waals surface area (Å²) < 4.78 is 6.15. The van der Waals surface area contributed by atoms with Crippen LogP contribution in [0.4, 0.5) is 0 Å². The fourth-order valence-corrected chi connectivity index (χ4v) is 4.49. The Labute approximate surface area is 169 Å². The minimum atomic E-state index is -0.524. The van der Waals surface area contributed by atoms with Crippen molar-refractivity contribution in [1.29, 1.82) is 0 Å². The van der Waals surface area contributed by atoms with Crippen LogP contribution in [-0.2, 0) is 21.6 Å². The Morgan fingerprint density at radius 3 is 2.36 bits per heavy atom. The van der Waals surface area contributed by atoms with Crippen LogP contribution in [-0.4, -0.2) is 30.0 Å². The fourth-order valence-electron chi connectivity index (χ4n) is 4.49. The molecule has 0 radical (unpaired) electrons. The number of hydrogen-bond acceptors (Lipinski definition) is 3. The van der Waals surface area contributed by atoms with Crippen LogP contribution in [0.3, 0.4) is 0 Å². The number of esters is 1. The van der Waals surface area contributed by atoms with E-state index in [9.17, 15) is 4.79 Å². The van der Waals surface area contributed by atoms with E-state index >= 15 is 0 Å². The highest BCUT2D eigenvalue weighted by molar-refractivity contribution is 5.69. The van der Waals surface area contributed by atoms with Crippen molar-refractivity contribution >= 4 is 5.97 Å². The van der Waals surface area contributed by atoms with E-state index in [1.807, 2.05) is 25.1 Å². The molecule has 1 saturated heterocycles. The molecule has 0 N–H and O–H groups in total. The summed E-state index contributed by atoms with van der Waals surface area (Å²) in [6, 6.07) is 21.4. The van der Waals surface area contributed by atoms with Gasteiger partial charge in [-0.3, -0.25) is 4.79 Å². The van der Waals surface area contributed by atoms with E-state index in [2.05, 4.69) is 61.2 Å². The number of rotatable bonds is 7. The van der Waals surface area contributed by atoms with Crippen molar-refractivity contribution in [2.45, 2.75) is 58.1 Å². The largest absolute Gasteiger partial charge is 0.454 e. The van der Waals surface area contributed by atoms with Gasteiger partial charge in [-0.15, -0.1) is 0 Å². The summed E-state index contributed by atoms with van der Waals surface area (Å²) in [6.45, 7) is 8.39. The lowest BCUT2D eigenvalue weighted by molar-refractivity contribution is -0.178. The zero-order valence-electron chi connectivity index (χ0n) is 17.4. The Bertz CT molecular complexity index is 746. The number of hydrogen-bond donors (Lipinski definition) is 0. The van der Waals surface area contributed by atoms with Gasteiger partial charge in [0.25, 0.3) is 0 Å². The molecule has 1 heterocycles. The highest BCUT2D eigenvalue weighted by Crippen LogP contribution is 2.43. The molecular weight excluding hydrogens is 346 g/mol. The van der Waals surface area contributed by atoms with Crippen molar-refractivity contribution in [2.75, 3.05) is 13.1 Å². The predicted octanol–water partition coefficient (Wildman–Crippen LogP) is 5.20. The maximum absolute atomic E-state index is 12.3. The van der Waals surface area contributed by atoms with Crippen molar-refractivity contribution < 1.29 is 9.53 Å². The molecule has 0 amide bonds. The van der Waals surface area contributed by atoms with E-state index in [0.717, 1.165) is 37.9 Å². The lowest BCUT2D eigenvalue weighted by Gasteiger charge is -2.49. The molecule has 0 bridgehead atoms. The number of nitrogens with zero attached hydrogens (tertiary/aromatic N) is 1. The summed E-state index contributed by atoms with van der Waals surface area (Å²) in [7, 11) is 0. The number of carbonyl (C=O) groups excluding carboxylic acids is 1. The van der Waals surface area contributed by atoms with Gasteiger partial charge in [0.05, 0.1) is 0 Å². The third-order valence-electron chi connectivity index (χ3n) is 6.13. The number of carbonyl (C=O) groups is 1.